The van der Waals surface area contributed by atoms with Gasteiger partial charge in [-0.3, -0.25) is 9.59 Å². The molecule has 0 saturated heterocycles. The van der Waals surface area contributed by atoms with Gasteiger partial charge in [0.1, 0.15) is 0 Å². The highest BCUT2D eigenvalue weighted by Gasteiger charge is 2.16. The SMILES string of the molecule is CCOC(=O)CCCCCCCCCCCCCCC(CC)C(=O)OCC. The molecule has 0 amide bonds. The highest BCUT2D eigenvalue weighted by atomic mass is 16.5. The van der Waals surface area contributed by atoms with Gasteiger partial charge >= 0.3 is 11.9 Å². The normalized spacial score (nSPS) is 12.0. The van der Waals surface area contributed by atoms with Crippen LogP contribution in [-0.2, 0) is 19.1 Å². The van der Waals surface area contributed by atoms with E-state index in [1.54, 1.807) is 0 Å². The van der Waals surface area contributed by atoms with Crippen molar-refractivity contribution in [2.75, 3.05) is 13.2 Å². The Morgan fingerprint density at radius 2 is 1.07 bits per heavy atom. The molecule has 4 nitrogen and oxygen atoms in total. The molecule has 0 aromatic carbocycles. The summed E-state index contributed by atoms with van der Waals surface area (Å²) < 4.78 is 10.0. The van der Waals surface area contributed by atoms with Crippen LogP contribution in [0.4, 0.5) is 0 Å². The molecule has 0 radical (unpaired) electrons. The molecule has 0 aliphatic heterocycles. The fourth-order valence-corrected chi connectivity index (χ4v) is 3.41. The monoisotopic (exact) mass is 384 g/mol. The fraction of sp³-hybridized carbons (Fsp3) is 0.913. The summed E-state index contributed by atoms with van der Waals surface area (Å²) in [5.74, 6) is 0.0340. The summed E-state index contributed by atoms with van der Waals surface area (Å²) >= 11 is 0. The maximum absolute atomic E-state index is 11.7. The van der Waals surface area contributed by atoms with Crippen LogP contribution in [0.15, 0.2) is 0 Å². The van der Waals surface area contributed by atoms with E-state index in [4.69, 9.17) is 9.47 Å². The lowest BCUT2D eigenvalue weighted by atomic mass is 9.98. The molecule has 0 N–H and O–H groups in total. The molecule has 0 aliphatic carbocycles. The van der Waals surface area contributed by atoms with Crippen molar-refractivity contribution in [2.24, 2.45) is 5.92 Å². The maximum Gasteiger partial charge on any atom is 0.308 e. The van der Waals surface area contributed by atoms with E-state index in [1.807, 2.05) is 13.8 Å². The average molecular weight is 385 g/mol. The first kappa shape index (κ1) is 25.9. The molecule has 0 fully saturated rings. The van der Waals surface area contributed by atoms with Crippen molar-refractivity contribution in [1.29, 1.82) is 0 Å². The van der Waals surface area contributed by atoms with Crippen LogP contribution in [0.3, 0.4) is 0 Å². The highest BCUT2D eigenvalue weighted by Crippen LogP contribution is 2.17. The van der Waals surface area contributed by atoms with Gasteiger partial charge in [-0.15, -0.1) is 0 Å². The molecule has 0 spiro atoms. The van der Waals surface area contributed by atoms with Gasteiger partial charge in [0.15, 0.2) is 0 Å². The van der Waals surface area contributed by atoms with Gasteiger partial charge in [-0.2, -0.15) is 0 Å². The van der Waals surface area contributed by atoms with Crippen molar-refractivity contribution in [2.45, 2.75) is 117 Å². The predicted molar refractivity (Wildman–Crippen MR) is 112 cm³/mol. The molecule has 27 heavy (non-hydrogen) atoms. The molecule has 0 rings (SSSR count). The summed E-state index contributed by atoms with van der Waals surface area (Å²) in [6.45, 7) is 6.78. The molecule has 0 aromatic rings. The number of carbonyl (C=O) groups is 2. The van der Waals surface area contributed by atoms with Gasteiger partial charge in [0.05, 0.1) is 19.1 Å². The molecule has 0 aliphatic rings. The second-order valence-corrected chi connectivity index (χ2v) is 7.44. The van der Waals surface area contributed by atoms with Crippen molar-refractivity contribution in [3.63, 3.8) is 0 Å². The van der Waals surface area contributed by atoms with Crippen LogP contribution in [0, 0.1) is 5.92 Å². The molecule has 0 saturated carbocycles. The van der Waals surface area contributed by atoms with Crippen molar-refractivity contribution in [3.05, 3.63) is 0 Å². The Hall–Kier alpha value is -1.06. The van der Waals surface area contributed by atoms with Crippen molar-refractivity contribution < 1.29 is 19.1 Å². The van der Waals surface area contributed by atoms with Gasteiger partial charge < -0.3 is 9.47 Å². The van der Waals surface area contributed by atoms with E-state index in [1.165, 1.54) is 57.8 Å². The minimum Gasteiger partial charge on any atom is -0.466 e. The van der Waals surface area contributed by atoms with Gasteiger partial charge in [0.25, 0.3) is 0 Å². The Labute approximate surface area is 167 Å². The molecule has 1 unspecified atom stereocenters. The van der Waals surface area contributed by atoms with Gasteiger partial charge in [0.2, 0.25) is 0 Å². The van der Waals surface area contributed by atoms with Gasteiger partial charge in [-0.05, 0) is 33.1 Å². The second-order valence-electron chi connectivity index (χ2n) is 7.44. The van der Waals surface area contributed by atoms with E-state index in [9.17, 15) is 9.59 Å². The largest absolute Gasteiger partial charge is 0.466 e. The fourth-order valence-electron chi connectivity index (χ4n) is 3.41. The van der Waals surface area contributed by atoms with E-state index in [0.717, 1.165) is 32.1 Å². The number of hydrogen-bond donors (Lipinski definition) is 0. The lowest BCUT2D eigenvalue weighted by molar-refractivity contribution is -0.148. The van der Waals surface area contributed by atoms with E-state index in [0.29, 0.717) is 19.6 Å². The summed E-state index contributed by atoms with van der Waals surface area (Å²) in [6, 6.07) is 0. The number of ether oxygens (including phenoxy) is 2. The molecule has 1 atom stereocenters. The third-order valence-corrected chi connectivity index (χ3v) is 5.10. The third kappa shape index (κ3) is 16.8. The molecule has 0 bridgehead atoms. The van der Waals surface area contributed by atoms with E-state index in [2.05, 4.69) is 6.92 Å². The van der Waals surface area contributed by atoms with Gasteiger partial charge in [-0.1, -0.05) is 77.6 Å². The van der Waals surface area contributed by atoms with Gasteiger partial charge in [-0.25, -0.2) is 0 Å². The third-order valence-electron chi connectivity index (χ3n) is 5.10. The van der Waals surface area contributed by atoms with Crippen LogP contribution in [0.25, 0.3) is 0 Å². The van der Waals surface area contributed by atoms with Gasteiger partial charge in [0, 0.05) is 6.42 Å². The van der Waals surface area contributed by atoms with Crippen LogP contribution >= 0.6 is 0 Å². The quantitative estimate of drug-likeness (QED) is 0.186. The molecular formula is C23H44O4. The van der Waals surface area contributed by atoms with Crippen LogP contribution in [0.5, 0.6) is 0 Å². The average Bonchev–Trinajstić information content (AvgIpc) is 2.65. The summed E-state index contributed by atoms with van der Waals surface area (Å²) in [5.41, 5.74) is 0. The molecule has 0 aromatic heterocycles. The molecular weight excluding hydrogens is 340 g/mol. The molecule has 0 heterocycles. The molecule has 160 valence electrons. The Kier molecular flexibility index (Phi) is 18.9. The zero-order valence-corrected chi connectivity index (χ0v) is 18.2. The summed E-state index contributed by atoms with van der Waals surface area (Å²) in [5, 5.41) is 0. The number of hydrogen-bond acceptors (Lipinski definition) is 4. The van der Waals surface area contributed by atoms with E-state index in [-0.39, 0.29) is 17.9 Å². The van der Waals surface area contributed by atoms with Crippen molar-refractivity contribution >= 4 is 11.9 Å². The number of unbranched alkanes of at least 4 members (excludes halogenated alkanes) is 11. The summed E-state index contributed by atoms with van der Waals surface area (Å²) in [6.07, 6.45) is 17.4. The smallest absolute Gasteiger partial charge is 0.308 e. The first-order valence-corrected chi connectivity index (χ1v) is 11.5. The Bertz CT molecular complexity index is 354. The van der Waals surface area contributed by atoms with E-state index < -0.39 is 0 Å². The first-order valence-electron chi connectivity index (χ1n) is 11.5. The Morgan fingerprint density at radius 3 is 1.52 bits per heavy atom. The van der Waals surface area contributed by atoms with Crippen molar-refractivity contribution in [3.8, 4) is 0 Å². The topological polar surface area (TPSA) is 52.6 Å². The minimum atomic E-state index is -0.0522. The number of esters is 2. The number of carbonyl (C=O) groups excluding carboxylic acids is 2. The predicted octanol–water partition coefficient (Wildman–Crippen LogP) is 6.60. The Morgan fingerprint density at radius 1 is 0.630 bits per heavy atom. The zero-order chi connectivity index (χ0) is 20.2. The second kappa shape index (κ2) is 19.7. The zero-order valence-electron chi connectivity index (χ0n) is 18.2. The van der Waals surface area contributed by atoms with Crippen LogP contribution in [0.2, 0.25) is 0 Å². The summed E-state index contributed by atoms with van der Waals surface area (Å²) in [7, 11) is 0. The minimum absolute atomic E-state index is 0.0131. The highest BCUT2D eigenvalue weighted by molar-refractivity contribution is 5.72. The van der Waals surface area contributed by atoms with Crippen molar-refractivity contribution in [1.82, 2.24) is 0 Å². The lowest BCUT2D eigenvalue weighted by Crippen LogP contribution is -2.16. The Balaban J connectivity index is 3.29. The first-order chi connectivity index (χ1) is 13.2. The lowest BCUT2D eigenvalue weighted by Gasteiger charge is -2.13. The van der Waals surface area contributed by atoms with Crippen LogP contribution < -0.4 is 0 Å². The standard InChI is InChI=1S/C23H44O4/c1-4-21(23(25)27-6-3)19-17-15-13-11-9-7-8-10-12-14-16-18-20-22(24)26-5-2/h21H,4-20H2,1-3H3. The summed E-state index contributed by atoms with van der Waals surface area (Å²) in [4.78, 5) is 22.9. The van der Waals surface area contributed by atoms with Crippen LogP contribution in [0.1, 0.15) is 117 Å². The maximum atomic E-state index is 11.7. The molecule has 4 heteroatoms. The van der Waals surface area contributed by atoms with Crippen LogP contribution in [-0.4, -0.2) is 25.2 Å². The van der Waals surface area contributed by atoms with E-state index >= 15 is 0 Å². The number of rotatable bonds is 19.